The van der Waals surface area contributed by atoms with Gasteiger partial charge in [-0.15, -0.1) is 0 Å². The highest BCUT2D eigenvalue weighted by atomic mass is 14.9. The quantitative estimate of drug-likeness (QED) is 0.572. The van der Waals surface area contributed by atoms with Crippen molar-refractivity contribution in [1.29, 1.82) is 0 Å². The molecule has 0 radical (unpaired) electrons. The molecule has 2 atom stereocenters. The van der Waals surface area contributed by atoms with E-state index >= 15 is 0 Å². The summed E-state index contributed by atoms with van der Waals surface area (Å²) in [5, 5.41) is 3.36. The molecule has 1 saturated heterocycles. The Balaban J connectivity index is 2.20. The van der Waals surface area contributed by atoms with E-state index in [1.165, 1.54) is 5.56 Å². The molecule has 0 aromatic heterocycles. The number of benzene rings is 1. The van der Waals surface area contributed by atoms with Gasteiger partial charge in [-0.3, -0.25) is 0 Å². The molecular formula is C11H17N3. The molecule has 5 N–H and O–H groups in total. The molecule has 0 aliphatic carbocycles. The SMILES string of the molecule is Nc1cccc(C2CNCCC2N)c1. The molecule has 1 aliphatic heterocycles. The van der Waals surface area contributed by atoms with Crippen LogP contribution in [0, 0.1) is 0 Å². The first kappa shape index (κ1) is 9.49. The highest BCUT2D eigenvalue weighted by Crippen LogP contribution is 2.23. The zero-order valence-electron chi connectivity index (χ0n) is 8.24. The van der Waals surface area contributed by atoms with Crippen LogP contribution >= 0.6 is 0 Å². The molecule has 14 heavy (non-hydrogen) atoms. The number of nitrogen functional groups attached to an aromatic ring is 1. The summed E-state index contributed by atoms with van der Waals surface area (Å²) in [4.78, 5) is 0. The number of hydrogen-bond acceptors (Lipinski definition) is 3. The van der Waals surface area contributed by atoms with Crippen LogP contribution in [-0.2, 0) is 0 Å². The molecule has 1 aliphatic rings. The Morgan fingerprint density at radius 2 is 2.21 bits per heavy atom. The summed E-state index contributed by atoms with van der Waals surface area (Å²) in [6, 6.07) is 8.29. The molecule has 1 fully saturated rings. The number of nitrogens with two attached hydrogens (primary N) is 2. The number of nitrogens with one attached hydrogen (secondary N) is 1. The molecule has 0 amide bonds. The van der Waals surface area contributed by atoms with Crippen LogP contribution in [0.5, 0.6) is 0 Å². The van der Waals surface area contributed by atoms with Crippen molar-refractivity contribution in [3.8, 4) is 0 Å². The fourth-order valence-electron chi connectivity index (χ4n) is 2.03. The third-order valence-corrected chi connectivity index (χ3v) is 2.87. The summed E-state index contributed by atoms with van der Waals surface area (Å²) in [5.41, 5.74) is 13.9. The minimum absolute atomic E-state index is 0.262. The highest BCUT2D eigenvalue weighted by Gasteiger charge is 2.22. The van der Waals surface area contributed by atoms with Crippen molar-refractivity contribution < 1.29 is 0 Å². The van der Waals surface area contributed by atoms with Gasteiger partial charge in [0.2, 0.25) is 0 Å². The van der Waals surface area contributed by atoms with Crippen LogP contribution in [0.25, 0.3) is 0 Å². The van der Waals surface area contributed by atoms with Crippen molar-refractivity contribution in [2.45, 2.75) is 18.4 Å². The molecule has 3 heteroatoms. The zero-order valence-corrected chi connectivity index (χ0v) is 8.24. The normalized spacial score (nSPS) is 27.5. The van der Waals surface area contributed by atoms with Crippen molar-refractivity contribution in [1.82, 2.24) is 5.32 Å². The van der Waals surface area contributed by atoms with E-state index in [0.717, 1.165) is 25.2 Å². The van der Waals surface area contributed by atoms with Gasteiger partial charge >= 0.3 is 0 Å². The largest absolute Gasteiger partial charge is 0.399 e. The van der Waals surface area contributed by atoms with Gasteiger partial charge < -0.3 is 16.8 Å². The van der Waals surface area contributed by atoms with Gasteiger partial charge in [-0.05, 0) is 30.7 Å². The standard InChI is InChI=1S/C11H17N3/c12-9-3-1-2-8(6-9)10-7-14-5-4-11(10)13/h1-3,6,10-11,14H,4-5,7,12-13H2. The monoisotopic (exact) mass is 191 g/mol. The molecular weight excluding hydrogens is 174 g/mol. The maximum absolute atomic E-state index is 6.08. The lowest BCUT2D eigenvalue weighted by molar-refractivity contribution is 0.403. The lowest BCUT2D eigenvalue weighted by atomic mass is 9.87. The predicted octanol–water partition coefficient (Wildman–Crippen LogP) is 0.673. The predicted molar refractivity (Wildman–Crippen MR) is 59.1 cm³/mol. The molecule has 2 rings (SSSR count). The van der Waals surface area contributed by atoms with E-state index in [1.807, 2.05) is 18.2 Å². The Morgan fingerprint density at radius 3 is 2.93 bits per heavy atom. The molecule has 1 aromatic carbocycles. The number of hydrogen-bond donors (Lipinski definition) is 3. The molecule has 1 heterocycles. The summed E-state index contributed by atoms with van der Waals surface area (Å²) in [6.45, 7) is 1.99. The molecule has 76 valence electrons. The van der Waals surface area contributed by atoms with Crippen molar-refractivity contribution >= 4 is 5.69 Å². The van der Waals surface area contributed by atoms with Gasteiger partial charge in [0, 0.05) is 24.2 Å². The Kier molecular flexibility index (Phi) is 2.70. The van der Waals surface area contributed by atoms with Crippen molar-refractivity contribution in [3.05, 3.63) is 29.8 Å². The number of piperidine rings is 1. The number of rotatable bonds is 1. The van der Waals surface area contributed by atoms with E-state index in [0.29, 0.717) is 5.92 Å². The van der Waals surface area contributed by atoms with E-state index in [1.54, 1.807) is 0 Å². The fourth-order valence-corrected chi connectivity index (χ4v) is 2.03. The highest BCUT2D eigenvalue weighted by molar-refractivity contribution is 5.42. The van der Waals surface area contributed by atoms with Crippen molar-refractivity contribution in [2.24, 2.45) is 5.73 Å². The van der Waals surface area contributed by atoms with Crippen LogP contribution in [0.1, 0.15) is 17.9 Å². The van der Waals surface area contributed by atoms with Crippen LogP contribution in [-0.4, -0.2) is 19.1 Å². The smallest absolute Gasteiger partial charge is 0.0316 e. The van der Waals surface area contributed by atoms with Gasteiger partial charge in [0.15, 0.2) is 0 Å². The van der Waals surface area contributed by atoms with Gasteiger partial charge in [0.05, 0.1) is 0 Å². The Labute approximate surface area is 84.5 Å². The summed E-state index contributed by atoms with van der Waals surface area (Å²) >= 11 is 0. The Bertz CT molecular complexity index is 311. The summed E-state index contributed by atoms with van der Waals surface area (Å²) in [7, 11) is 0. The number of anilines is 1. The molecule has 0 saturated carbocycles. The lowest BCUT2D eigenvalue weighted by Crippen LogP contribution is -2.43. The van der Waals surface area contributed by atoms with Crippen LogP contribution in [0.15, 0.2) is 24.3 Å². The summed E-state index contributed by atoms with van der Waals surface area (Å²) in [6.07, 6.45) is 1.04. The minimum atomic E-state index is 0.262. The van der Waals surface area contributed by atoms with Gasteiger partial charge in [0.25, 0.3) is 0 Å². The molecule has 1 aromatic rings. The maximum Gasteiger partial charge on any atom is 0.0316 e. The van der Waals surface area contributed by atoms with Gasteiger partial charge in [0.1, 0.15) is 0 Å². The van der Waals surface area contributed by atoms with Crippen LogP contribution in [0.3, 0.4) is 0 Å². The van der Waals surface area contributed by atoms with Crippen LogP contribution < -0.4 is 16.8 Å². The first-order chi connectivity index (χ1) is 6.77. The maximum atomic E-state index is 6.08. The summed E-state index contributed by atoms with van der Waals surface area (Å²) < 4.78 is 0. The molecule has 0 bridgehead atoms. The Morgan fingerprint density at radius 1 is 1.36 bits per heavy atom. The average molecular weight is 191 g/mol. The summed E-state index contributed by atoms with van der Waals surface area (Å²) in [5.74, 6) is 0.409. The second-order valence-electron chi connectivity index (χ2n) is 3.93. The minimum Gasteiger partial charge on any atom is -0.399 e. The third kappa shape index (κ3) is 1.89. The first-order valence-corrected chi connectivity index (χ1v) is 5.09. The third-order valence-electron chi connectivity index (χ3n) is 2.87. The van der Waals surface area contributed by atoms with Crippen LogP contribution in [0.2, 0.25) is 0 Å². The van der Waals surface area contributed by atoms with E-state index in [9.17, 15) is 0 Å². The van der Waals surface area contributed by atoms with E-state index in [4.69, 9.17) is 11.5 Å². The average Bonchev–Trinajstić information content (AvgIpc) is 2.18. The van der Waals surface area contributed by atoms with Gasteiger partial charge in [-0.25, -0.2) is 0 Å². The first-order valence-electron chi connectivity index (χ1n) is 5.09. The second kappa shape index (κ2) is 3.98. The Hall–Kier alpha value is -1.06. The topological polar surface area (TPSA) is 64.1 Å². The van der Waals surface area contributed by atoms with E-state index < -0.39 is 0 Å². The zero-order chi connectivity index (χ0) is 9.97. The lowest BCUT2D eigenvalue weighted by Gasteiger charge is -2.29. The molecule has 2 unspecified atom stereocenters. The molecule has 0 spiro atoms. The van der Waals surface area contributed by atoms with E-state index in [2.05, 4.69) is 11.4 Å². The van der Waals surface area contributed by atoms with Gasteiger partial charge in [-0.1, -0.05) is 12.1 Å². The van der Waals surface area contributed by atoms with E-state index in [-0.39, 0.29) is 6.04 Å². The second-order valence-corrected chi connectivity index (χ2v) is 3.93. The fraction of sp³-hybridized carbons (Fsp3) is 0.455. The van der Waals surface area contributed by atoms with Gasteiger partial charge in [-0.2, -0.15) is 0 Å². The van der Waals surface area contributed by atoms with Crippen molar-refractivity contribution in [3.63, 3.8) is 0 Å². The van der Waals surface area contributed by atoms with Crippen molar-refractivity contribution in [2.75, 3.05) is 18.8 Å². The van der Waals surface area contributed by atoms with Crippen LogP contribution in [0.4, 0.5) is 5.69 Å². The molecule has 3 nitrogen and oxygen atoms in total.